The maximum absolute atomic E-state index is 13.1. The van der Waals surface area contributed by atoms with Crippen LogP contribution < -0.4 is 5.32 Å². The van der Waals surface area contributed by atoms with Gasteiger partial charge in [0.05, 0.1) is 6.61 Å². The Morgan fingerprint density at radius 3 is 2.64 bits per heavy atom. The number of carbonyl (C=O) groups excluding carboxylic acids is 2. The first kappa shape index (κ1) is 20.1. The molecule has 0 saturated carbocycles. The Balaban J connectivity index is 1.83. The van der Waals surface area contributed by atoms with Crippen LogP contribution in [0.3, 0.4) is 0 Å². The normalized spacial score (nSPS) is 17.4. The molecule has 1 atom stereocenters. The van der Waals surface area contributed by atoms with Crippen LogP contribution in [-0.2, 0) is 26.6 Å². The van der Waals surface area contributed by atoms with Crippen molar-refractivity contribution in [3.05, 3.63) is 48.3 Å². The van der Waals surface area contributed by atoms with E-state index in [1.54, 1.807) is 38.2 Å². The summed E-state index contributed by atoms with van der Waals surface area (Å²) in [5.74, 6) is -0.958. The van der Waals surface area contributed by atoms with Crippen molar-refractivity contribution < 1.29 is 22.7 Å². The number of hydrogen-bond donors (Lipinski definition) is 1. The second kappa shape index (κ2) is 8.15. The van der Waals surface area contributed by atoms with E-state index in [0.717, 1.165) is 0 Å². The highest BCUT2D eigenvalue weighted by Gasteiger charge is 2.40. The zero-order valence-electron chi connectivity index (χ0n) is 15.8. The Hall–Kier alpha value is -2.65. The molecule has 1 aliphatic heterocycles. The Kier molecular flexibility index (Phi) is 5.85. The van der Waals surface area contributed by atoms with Crippen molar-refractivity contribution in [3.63, 3.8) is 0 Å². The molecule has 8 nitrogen and oxygen atoms in total. The van der Waals surface area contributed by atoms with Gasteiger partial charge in [0, 0.05) is 25.5 Å². The van der Waals surface area contributed by atoms with Gasteiger partial charge in [-0.1, -0.05) is 18.2 Å². The average molecular weight is 405 g/mol. The highest BCUT2D eigenvalue weighted by molar-refractivity contribution is 7.89. The summed E-state index contributed by atoms with van der Waals surface area (Å²) in [5.41, 5.74) is 0.756. The van der Waals surface area contributed by atoms with Crippen molar-refractivity contribution in [1.82, 2.24) is 8.87 Å². The Morgan fingerprint density at radius 2 is 1.96 bits per heavy atom. The number of ether oxygens (including phenoxy) is 1. The van der Waals surface area contributed by atoms with Gasteiger partial charge in [-0.05, 0) is 38.0 Å². The number of sulfonamides is 1. The lowest BCUT2D eigenvalue weighted by atomic mass is 10.2. The SMILES string of the molecule is CCOC(=O)c1cc(S(=O)(=O)N2CCC[C@H]2C(=O)Nc2ccccc2)cn1C. The zero-order valence-corrected chi connectivity index (χ0v) is 16.6. The van der Waals surface area contributed by atoms with Gasteiger partial charge in [0.2, 0.25) is 15.9 Å². The number of rotatable bonds is 6. The number of benzene rings is 1. The van der Waals surface area contributed by atoms with Crippen molar-refractivity contribution >= 4 is 27.6 Å². The minimum Gasteiger partial charge on any atom is -0.461 e. The summed E-state index contributed by atoms with van der Waals surface area (Å²) in [6.07, 6.45) is 2.39. The summed E-state index contributed by atoms with van der Waals surface area (Å²) >= 11 is 0. The summed E-state index contributed by atoms with van der Waals surface area (Å²) in [6.45, 7) is 2.12. The highest BCUT2D eigenvalue weighted by Crippen LogP contribution is 2.28. The second-order valence-electron chi connectivity index (χ2n) is 6.52. The van der Waals surface area contributed by atoms with Crippen LogP contribution in [0.1, 0.15) is 30.3 Å². The molecule has 1 N–H and O–H groups in total. The maximum Gasteiger partial charge on any atom is 0.354 e. The van der Waals surface area contributed by atoms with Crippen molar-refractivity contribution in [2.24, 2.45) is 7.05 Å². The van der Waals surface area contributed by atoms with Crippen LogP contribution >= 0.6 is 0 Å². The molecule has 1 saturated heterocycles. The molecule has 1 amide bonds. The number of nitrogens with one attached hydrogen (secondary N) is 1. The van der Waals surface area contributed by atoms with Gasteiger partial charge in [0.25, 0.3) is 0 Å². The lowest BCUT2D eigenvalue weighted by Gasteiger charge is -2.22. The molecule has 1 aromatic carbocycles. The quantitative estimate of drug-likeness (QED) is 0.742. The first-order valence-corrected chi connectivity index (χ1v) is 10.5. The smallest absolute Gasteiger partial charge is 0.354 e. The van der Waals surface area contributed by atoms with Crippen LogP contribution in [-0.4, -0.2) is 48.4 Å². The van der Waals surface area contributed by atoms with Gasteiger partial charge < -0.3 is 14.6 Å². The lowest BCUT2D eigenvalue weighted by Crippen LogP contribution is -2.43. The number of aryl methyl sites for hydroxylation is 1. The molecule has 1 fully saturated rings. The molecular weight excluding hydrogens is 382 g/mol. The molecule has 9 heteroatoms. The fourth-order valence-corrected chi connectivity index (χ4v) is 4.98. The molecule has 3 rings (SSSR count). The topological polar surface area (TPSA) is 97.7 Å². The van der Waals surface area contributed by atoms with Crippen molar-refractivity contribution in [1.29, 1.82) is 0 Å². The molecule has 2 aromatic rings. The second-order valence-corrected chi connectivity index (χ2v) is 8.41. The lowest BCUT2D eigenvalue weighted by molar-refractivity contribution is -0.119. The van der Waals surface area contributed by atoms with E-state index >= 15 is 0 Å². The van der Waals surface area contributed by atoms with Gasteiger partial charge in [-0.2, -0.15) is 4.31 Å². The van der Waals surface area contributed by atoms with E-state index in [-0.39, 0.29) is 29.6 Å². The predicted octanol–water partition coefficient (Wildman–Crippen LogP) is 1.99. The minimum absolute atomic E-state index is 0.0301. The number of esters is 1. The molecule has 2 heterocycles. The fraction of sp³-hybridized carbons (Fsp3) is 0.368. The molecule has 1 aliphatic rings. The third kappa shape index (κ3) is 3.95. The molecular formula is C19H23N3O5S. The summed E-state index contributed by atoms with van der Waals surface area (Å²) < 4.78 is 33.8. The van der Waals surface area contributed by atoms with Crippen molar-refractivity contribution in [3.8, 4) is 0 Å². The van der Waals surface area contributed by atoms with Crippen LogP contribution in [0.2, 0.25) is 0 Å². The van der Waals surface area contributed by atoms with Gasteiger partial charge >= 0.3 is 5.97 Å². The molecule has 150 valence electrons. The maximum atomic E-state index is 13.1. The van der Waals surface area contributed by atoms with Crippen LogP contribution in [0.25, 0.3) is 0 Å². The standard InChI is InChI=1S/C19H23N3O5S/c1-3-27-19(24)17-12-15(13-21(17)2)28(25,26)22-11-7-10-16(22)18(23)20-14-8-5-4-6-9-14/h4-6,8-9,12-13,16H,3,7,10-11H2,1-2H3,(H,20,23)/t16-/m0/s1. The monoisotopic (exact) mass is 405 g/mol. The molecule has 1 aromatic heterocycles. The Morgan fingerprint density at radius 1 is 1.25 bits per heavy atom. The van der Waals surface area contributed by atoms with Crippen molar-refractivity contribution in [2.75, 3.05) is 18.5 Å². The molecule has 0 spiro atoms. The van der Waals surface area contributed by atoms with E-state index in [2.05, 4.69) is 5.32 Å². The van der Waals surface area contributed by atoms with E-state index in [9.17, 15) is 18.0 Å². The average Bonchev–Trinajstić information content (AvgIpc) is 3.30. The third-order valence-electron chi connectivity index (χ3n) is 4.62. The molecule has 0 bridgehead atoms. The number of nitrogens with zero attached hydrogens (tertiary/aromatic N) is 2. The summed E-state index contributed by atoms with van der Waals surface area (Å²) in [6, 6.07) is 9.40. The van der Waals surface area contributed by atoms with Gasteiger partial charge in [-0.25, -0.2) is 13.2 Å². The number of hydrogen-bond acceptors (Lipinski definition) is 5. The van der Waals surface area contributed by atoms with Crippen LogP contribution in [0.5, 0.6) is 0 Å². The first-order valence-electron chi connectivity index (χ1n) is 9.06. The Labute approximate surface area is 164 Å². The molecule has 0 radical (unpaired) electrons. The van der Waals surface area contributed by atoms with Gasteiger partial charge in [-0.15, -0.1) is 0 Å². The van der Waals surface area contributed by atoms with E-state index in [1.165, 1.54) is 21.1 Å². The molecule has 0 aliphatic carbocycles. The Bertz CT molecular complexity index is 969. The highest BCUT2D eigenvalue weighted by atomic mass is 32.2. The number of carbonyl (C=O) groups is 2. The molecule has 0 unspecified atom stereocenters. The minimum atomic E-state index is -3.93. The molecule has 28 heavy (non-hydrogen) atoms. The fourth-order valence-electron chi connectivity index (χ4n) is 3.26. The predicted molar refractivity (Wildman–Crippen MR) is 103 cm³/mol. The van der Waals surface area contributed by atoms with Crippen LogP contribution in [0.15, 0.2) is 47.5 Å². The number of para-hydroxylation sites is 1. The number of anilines is 1. The van der Waals surface area contributed by atoms with Crippen LogP contribution in [0.4, 0.5) is 5.69 Å². The third-order valence-corrected chi connectivity index (χ3v) is 6.49. The number of amides is 1. The van der Waals surface area contributed by atoms with E-state index in [0.29, 0.717) is 18.5 Å². The van der Waals surface area contributed by atoms with E-state index in [4.69, 9.17) is 4.74 Å². The van der Waals surface area contributed by atoms with Crippen LogP contribution in [0, 0.1) is 0 Å². The largest absolute Gasteiger partial charge is 0.461 e. The summed E-state index contributed by atoms with van der Waals surface area (Å²) in [7, 11) is -2.35. The first-order chi connectivity index (χ1) is 13.3. The zero-order chi connectivity index (χ0) is 20.3. The summed E-state index contributed by atoms with van der Waals surface area (Å²) in [5, 5.41) is 2.76. The van der Waals surface area contributed by atoms with E-state index in [1.807, 2.05) is 6.07 Å². The van der Waals surface area contributed by atoms with Crippen molar-refractivity contribution in [2.45, 2.75) is 30.7 Å². The van der Waals surface area contributed by atoms with Gasteiger partial charge in [0.1, 0.15) is 16.6 Å². The van der Waals surface area contributed by atoms with E-state index < -0.39 is 22.0 Å². The number of aromatic nitrogens is 1. The van der Waals surface area contributed by atoms with Gasteiger partial charge in [-0.3, -0.25) is 4.79 Å². The summed E-state index contributed by atoms with van der Waals surface area (Å²) in [4.78, 5) is 24.6. The van der Waals surface area contributed by atoms with Gasteiger partial charge in [0.15, 0.2) is 0 Å².